The molecule has 4 heteroatoms. The Hall–Kier alpha value is -0.480. The van der Waals surface area contributed by atoms with Crippen LogP contribution < -0.4 is 0 Å². The summed E-state index contributed by atoms with van der Waals surface area (Å²) in [6, 6.07) is 0. The summed E-state index contributed by atoms with van der Waals surface area (Å²) in [5.74, 6) is 0.852. The van der Waals surface area contributed by atoms with Gasteiger partial charge < -0.3 is 0 Å². The van der Waals surface area contributed by atoms with Crippen LogP contribution in [0.4, 0.5) is 0 Å². The highest BCUT2D eigenvalue weighted by molar-refractivity contribution is 7.11. The van der Waals surface area contributed by atoms with Crippen molar-refractivity contribution in [2.45, 2.75) is 59.0 Å². The molecule has 2 heterocycles. The van der Waals surface area contributed by atoms with Crippen LogP contribution in [0.3, 0.4) is 0 Å². The largest absolute Gasteiger partial charge is 0.291 e. The lowest BCUT2D eigenvalue weighted by atomic mass is 9.75. The second-order valence-electron chi connectivity index (χ2n) is 6.97. The summed E-state index contributed by atoms with van der Waals surface area (Å²) in [6.07, 6.45) is 4.20. The summed E-state index contributed by atoms with van der Waals surface area (Å²) in [5.41, 5.74) is 0.857. The zero-order valence-corrected chi connectivity index (χ0v) is 12.7. The SMILES string of the molecule is Cc1nnc(CN2C[C@]3(C)CC[C@@H](C3)C2(C)C)s1. The molecule has 1 aliphatic heterocycles. The van der Waals surface area contributed by atoms with E-state index in [9.17, 15) is 0 Å². The minimum absolute atomic E-state index is 0.315. The third-order valence-electron chi connectivity index (χ3n) is 5.12. The van der Waals surface area contributed by atoms with Crippen molar-refractivity contribution < 1.29 is 0 Å². The minimum Gasteiger partial charge on any atom is -0.291 e. The van der Waals surface area contributed by atoms with E-state index in [1.54, 1.807) is 11.3 Å². The van der Waals surface area contributed by atoms with Gasteiger partial charge in [-0.25, -0.2) is 0 Å². The van der Waals surface area contributed by atoms with Crippen LogP contribution in [0.2, 0.25) is 0 Å². The summed E-state index contributed by atoms with van der Waals surface area (Å²) in [5, 5.41) is 10.7. The lowest BCUT2D eigenvalue weighted by molar-refractivity contribution is -0.0132. The van der Waals surface area contributed by atoms with Gasteiger partial charge in [-0.1, -0.05) is 6.92 Å². The van der Waals surface area contributed by atoms with Crippen molar-refractivity contribution in [3.8, 4) is 0 Å². The van der Waals surface area contributed by atoms with Crippen LogP contribution in [-0.2, 0) is 6.54 Å². The van der Waals surface area contributed by atoms with Crippen molar-refractivity contribution in [1.29, 1.82) is 0 Å². The van der Waals surface area contributed by atoms with Crippen molar-refractivity contribution in [1.82, 2.24) is 15.1 Å². The predicted molar refractivity (Wildman–Crippen MR) is 74.6 cm³/mol. The molecule has 2 atom stereocenters. The highest BCUT2D eigenvalue weighted by Gasteiger charge is 2.51. The molecular formula is C14H23N3S. The molecule has 1 saturated carbocycles. The Morgan fingerprint density at radius 3 is 2.78 bits per heavy atom. The van der Waals surface area contributed by atoms with Crippen molar-refractivity contribution >= 4 is 11.3 Å². The molecule has 2 aliphatic rings. The number of hydrogen-bond acceptors (Lipinski definition) is 4. The molecule has 18 heavy (non-hydrogen) atoms. The average Bonchev–Trinajstić information content (AvgIpc) is 2.82. The number of aryl methyl sites for hydroxylation is 1. The Balaban J connectivity index is 1.82. The van der Waals surface area contributed by atoms with Gasteiger partial charge in [-0.2, -0.15) is 0 Å². The standard InChI is InChI=1S/C14H23N3S/c1-10-15-16-12(18-10)8-17-9-14(4)6-5-11(7-14)13(17,2)3/h11H,5-9H2,1-4H3/t11-,14+/m0/s1. The van der Waals surface area contributed by atoms with Gasteiger partial charge in [0.2, 0.25) is 0 Å². The summed E-state index contributed by atoms with van der Waals surface area (Å²) < 4.78 is 0. The topological polar surface area (TPSA) is 29.0 Å². The smallest absolute Gasteiger partial charge is 0.131 e. The van der Waals surface area contributed by atoms with Crippen LogP contribution in [-0.4, -0.2) is 27.2 Å². The van der Waals surface area contributed by atoms with Crippen LogP contribution in [0.1, 0.15) is 50.0 Å². The first kappa shape index (κ1) is 12.5. The van der Waals surface area contributed by atoms with E-state index in [2.05, 4.69) is 35.9 Å². The molecule has 2 bridgehead atoms. The number of hydrogen-bond donors (Lipinski definition) is 0. The highest BCUT2D eigenvalue weighted by atomic mass is 32.1. The van der Waals surface area contributed by atoms with Crippen LogP contribution in [0.25, 0.3) is 0 Å². The molecule has 0 radical (unpaired) electrons. The maximum atomic E-state index is 4.30. The third kappa shape index (κ3) is 1.99. The molecule has 1 saturated heterocycles. The minimum atomic E-state index is 0.315. The Bertz CT molecular complexity index is 454. The van der Waals surface area contributed by atoms with Crippen molar-refractivity contribution in [3.05, 3.63) is 10.0 Å². The summed E-state index contributed by atoms with van der Waals surface area (Å²) in [6.45, 7) is 11.5. The van der Waals surface area contributed by atoms with E-state index in [4.69, 9.17) is 0 Å². The fourth-order valence-electron chi connectivity index (χ4n) is 3.82. The Morgan fingerprint density at radius 2 is 2.11 bits per heavy atom. The second-order valence-corrected chi connectivity index (χ2v) is 8.24. The molecule has 0 N–H and O–H groups in total. The summed E-state index contributed by atoms with van der Waals surface area (Å²) >= 11 is 1.74. The molecular weight excluding hydrogens is 242 g/mol. The Kier molecular flexibility index (Phi) is 2.79. The van der Waals surface area contributed by atoms with Crippen molar-refractivity contribution in [2.24, 2.45) is 11.3 Å². The predicted octanol–water partition coefficient (Wildman–Crippen LogP) is 3.25. The van der Waals surface area contributed by atoms with Gasteiger partial charge in [0.25, 0.3) is 0 Å². The molecule has 0 spiro atoms. The molecule has 0 aromatic carbocycles. The second kappa shape index (κ2) is 4.01. The molecule has 1 aromatic heterocycles. The fraction of sp³-hybridized carbons (Fsp3) is 0.857. The molecule has 1 aliphatic carbocycles. The molecule has 2 fully saturated rings. The van der Waals surface area contributed by atoms with E-state index < -0.39 is 0 Å². The van der Waals surface area contributed by atoms with Gasteiger partial charge in [0.15, 0.2) is 0 Å². The molecule has 3 rings (SSSR count). The van der Waals surface area contributed by atoms with E-state index >= 15 is 0 Å². The van der Waals surface area contributed by atoms with Gasteiger partial charge in [-0.3, -0.25) is 4.90 Å². The first-order valence-corrected chi connectivity index (χ1v) is 7.75. The molecule has 100 valence electrons. The first-order chi connectivity index (χ1) is 8.39. The van der Waals surface area contributed by atoms with E-state index in [-0.39, 0.29) is 0 Å². The van der Waals surface area contributed by atoms with Crippen LogP contribution in [0, 0.1) is 18.3 Å². The fourth-order valence-corrected chi connectivity index (χ4v) is 4.54. The zero-order chi connectivity index (χ0) is 13.0. The maximum absolute atomic E-state index is 4.30. The van der Waals surface area contributed by atoms with E-state index in [0.717, 1.165) is 17.5 Å². The van der Waals surface area contributed by atoms with E-state index in [1.807, 2.05) is 6.92 Å². The average molecular weight is 265 g/mol. The normalized spacial score (nSPS) is 35.0. The Labute approximate surface area is 114 Å². The molecule has 0 unspecified atom stereocenters. The number of nitrogens with zero attached hydrogens (tertiary/aromatic N) is 3. The third-order valence-corrected chi connectivity index (χ3v) is 5.94. The van der Waals surface area contributed by atoms with Gasteiger partial charge in [-0.15, -0.1) is 21.5 Å². The highest BCUT2D eigenvalue weighted by Crippen LogP contribution is 2.53. The Morgan fingerprint density at radius 1 is 1.33 bits per heavy atom. The number of aromatic nitrogens is 2. The summed E-state index contributed by atoms with van der Waals surface area (Å²) in [4.78, 5) is 2.65. The van der Waals surface area contributed by atoms with Gasteiger partial charge >= 0.3 is 0 Å². The number of rotatable bonds is 2. The first-order valence-electron chi connectivity index (χ1n) is 6.93. The molecule has 0 amide bonds. The van der Waals surface area contributed by atoms with Gasteiger partial charge in [0.05, 0.1) is 6.54 Å². The number of piperidine rings is 1. The van der Waals surface area contributed by atoms with Crippen molar-refractivity contribution in [3.63, 3.8) is 0 Å². The van der Waals surface area contributed by atoms with Crippen LogP contribution >= 0.6 is 11.3 Å². The zero-order valence-electron chi connectivity index (χ0n) is 11.9. The van der Waals surface area contributed by atoms with Gasteiger partial charge in [0, 0.05) is 12.1 Å². The lowest BCUT2D eigenvalue weighted by Crippen LogP contribution is -2.54. The van der Waals surface area contributed by atoms with E-state index in [1.165, 1.54) is 30.8 Å². The lowest BCUT2D eigenvalue weighted by Gasteiger charge is -2.49. The van der Waals surface area contributed by atoms with Gasteiger partial charge in [-0.05, 0) is 51.4 Å². The summed E-state index contributed by atoms with van der Waals surface area (Å²) in [7, 11) is 0. The quantitative estimate of drug-likeness (QED) is 0.822. The molecule has 3 nitrogen and oxygen atoms in total. The maximum Gasteiger partial charge on any atom is 0.131 e. The van der Waals surface area contributed by atoms with Gasteiger partial charge in [0.1, 0.15) is 10.0 Å². The van der Waals surface area contributed by atoms with Crippen LogP contribution in [0.15, 0.2) is 0 Å². The molecule has 1 aromatic rings. The number of fused-ring (bicyclic) bond motifs is 2. The van der Waals surface area contributed by atoms with E-state index in [0.29, 0.717) is 11.0 Å². The van der Waals surface area contributed by atoms with Crippen LogP contribution in [0.5, 0.6) is 0 Å². The number of likely N-dealkylation sites (tertiary alicyclic amines) is 1. The monoisotopic (exact) mass is 265 g/mol. The van der Waals surface area contributed by atoms with Crippen molar-refractivity contribution in [2.75, 3.05) is 6.54 Å².